The number of anilines is 2. The molecule has 1 unspecified atom stereocenters. The quantitative estimate of drug-likeness (QED) is 0.347. The zero-order valence-corrected chi connectivity index (χ0v) is 19.9. The van der Waals surface area contributed by atoms with Crippen molar-refractivity contribution in [2.45, 2.75) is 25.0 Å². The third kappa shape index (κ3) is 6.10. The average molecular weight is 491 g/mol. The minimum atomic E-state index is -0.694. The number of aromatic nitrogens is 4. The Labute approximate surface area is 206 Å². The van der Waals surface area contributed by atoms with Crippen molar-refractivity contribution < 1.29 is 14.0 Å². The molecule has 2 heterocycles. The highest BCUT2D eigenvalue weighted by atomic mass is 32.2. The molecular weight excluding hydrogens is 467 g/mol. The second-order valence-electron chi connectivity index (χ2n) is 7.72. The molecule has 0 saturated carbocycles. The summed E-state index contributed by atoms with van der Waals surface area (Å²) in [4.78, 5) is 34.1. The van der Waals surface area contributed by atoms with Crippen molar-refractivity contribution >= 4 is 35.0 Å². The Balaban J connectivity index is 1.53. The normalized spacial score (nSPS) is 11.6. The number of thioether (sulfide) groups is 1. The van der Waals surface area contributed by atoms with Crippen LogP contribution < -0.4 is 10.6 Å². The number of rotatable bonds is 8. The molecule has 0 saturated heterocycles. The first-order chi connectivity index (χ1) is 16.9. The van der Waals surface area contributed by atoms with Crippen LogP contribution in [0.15, 0.2) is 78.2 Å². The maximum Gasteiger partial charge on any atom is 0.249 e. The van der Waals surface area contributed by atoms with Crippen molar-refractivity contribution in [1.29, 1.82) is 0 Å². The van der Waals surface area contributed by atoms with Crippen molar-refractivity contribution in [1.82, 2.24) is 19.7 Å². The van der Waals surface area contributed by atoms with Crippen LogP contribution in [0.25, 0.3) is 11.4 Å². The van der Waals surface area contributed by atoms with Crippen LogP contribution in [0.5, 0.6) is 0 Å². The number of nitrogens with one attached hydrogen (secondary N) is 2. The fourth-order valence-corrected chi connectivity index (χ4v) is 4.02. The van der Waals surface area contributed by atoms with Gasteiger partial charge in [-0.05, 0) is 61.9 Å². The molecule has 8 nitrogen and oxygen atoms in total. The summed E-state index contributed by atoms with van der Waals surface area (Å²) in [6, 6.07) is 15.9. The number of pyridine rings is 1. The summed E-state index contributed by atoms with van der Waals surface area (Å²) in [6.07, 6.45) is 3.26. The lowest BCUT2D eigenvalue weighted by Crippen LogP contribution is -2.25. The Kier molecular flexibility index (Phi) is 7.51. The fourth-order valence-electron chi connectivity index (χ4n) is 3.20. The first-order valence-corrected chi connectivity index (χ1v) is 11.8. The topological polar surface area (TPSA) is 102 Å². The molecular formula is C25H23FN6O2S. The van der Waals surface area contributed by atoms with Gasteiger partial charge in [-0.2, -0.15) is 0 Å². The van der Waals surface area contributed by atoms with Crippen molar-refractivity contribution in [2.75, 3.05) is 16.4 Å². The molecule has 10 heteroatoms. The van der Waals surface area contributed by atoms with Gasteiger partial charge < -0.3 is 10.6 Å². The van der Waals surface area contributed by atoms with E-state index >= 15 is 0 Å². The first-order valence-electron chi connectivity index (χ1n) is 10.8. The summed E-state index contributed by atoms with van der Waals surface area (Å²) in [5, 5.41) is 10.6. The minimum Gasteiger partial charge on any atom is -0.325 e. The number of carbonyl (C=O) groups is 2. The Morgan fingerprint density at radius 1 is 1.03 bits per heavy atom. The SMILES string of the molecule is Cc1ccccc1NC(=O)C(C)n1nc(-c2ccncc2)nc1SCC(=O)Nc1ccc(F)cc1. The van der Waals surface area contributed by atoms with Crippen LogP contribution in [-0.4, -0.2) is 37.3 Å². The van der Waals surface area contributed by atoms with Crippen LogP contribution in [0.2, 0.25) is 0 Å². The van der Waals surface area contributed by atoms with Gasteiger partial charge in [0.15, 0.2) is 11.0 Å². The summed E-state index contributed by atoms with van der Waals surface area (Å²) < 4.78 is 14.6. The third-order valence-corrected chi connectivity index (χ3v) is 6.09. The molecule has 1 atom stereocenters. The molecule has 2 N–H and O–H groups in total. The molecule has 2 aromatic carbocycles. The lowest BCUT2D eigenvalue weighted by atomic mass is 10.2. The smallest absolute Gasteiger partial charge is 0.249 e. The van der Waals surface area contributed by atoms with Gasteiger partial charge in [-0.15, -0.1) is 5.10 Å². The van der Waals surface area contributed by atoms with Crippen LogP contribution in [-0.2, 0) is 9.59 Å². The van der Waals surface area contributed by atoms with Gasteiger partial charge in [0.2, 0.25) is 11.8 Å². The van der Waals surface area contributed by atoms with Crippen molar-refractivity contribution in [2.24, 2.45) is 0 Å². The second-order valence-corrected chi connectivity index (χ2v) is 8.66. The molecule has 2 amide bonds. The molecule has 0 bridgehead atoms. The maximum absolute atomic E-state index is 13.1. The van der Waals surface area contributed by atoms with E-state index in [4.69, 9.17) is 0 Å². The molecule has 4 rings (SSSR count). The molecule has 0 aliphatic heterocycles. The van der Waals surface area contributed by atoms with Crippen molar-refractivity contribution in [3.05, 3.63) is 84.4 Å². The summed E-state index contributed by atoms with van der Waals surface area (Å²) in [6.45, 7) is 3.64. The van der Waals surface area contributed by atoms with Crippen LogP contribution in [0, 0.1) is 12.7 Å². The highest BCUT2D eigenvalue weighted by molar-refractivity contribution is 7.99. The van der Waals surface area contributed by atoms with Crippen LogP contribution in [0.1, 0.15) is 18.5 Å². The molecule has 0 aliphatic carbocycles. The van der Waals surface area contributed by atoms with Gasteiger partial charge in [0.05, 0.1) is 5.75 Å². The van der Waals surface area contributed by atoms with Crippen molar-refractivity contribution in [3.8, 4) is 11.4 Å². The van der Waals surface area contributed by atoms with Crippen molar-refractivity contribution in [3.63, 3.8) is 0 Å². The summed E-state index contributed by atoms with van der Waals surface area (Å²) in [5.74, 6) is -0.490. The predicted molar refractivity (Wildman–Crippen MR) is 134 cm³/mol. The van der Waals surface area contributed by atoms with Crippen LogP contribution in [0.3, 0.4) is 0 Å². The number of aryl methyl sites for hydroxylation is 1. The predicted octanol–water partition coefficient (Wildman–Crippen LogP) is 4.72. The van der Waals surface area contributed by atoms with Gasteiger partial charge in [-0.3, -0.25) is 14.6 Å². The molecule has 0 fully saturated rings. The Bertz CT molecular complexity index is 1330. The highest BCUT2D eigenvalue weighted by Crippen LogP contribution is 2.26. The average Bonchev–Trinajstić information content (AvgIpc) is 3.30. The van der Waals surface area contributed by atoms with Gasteiger partial charge in [-0.1, -0.05) is 30.0 Å². The summed E-state index contributed by atoms with van der Waals surface area (Å²) in [7, 11) is 0. The lowest BCUT2D eigenvalue weighted by Gasteiger charge is -2.15. The molecule has 2 aromatic heterocycles. The number of hydrogen-bond acceptors (Lipinski definition) is 6. The zero-order chi connectivity index (χ0) is 24.8. The number of benzene rings is 2. The standard InChI is InChI=1S/C25H23FN6O2S/c1-16-5-3-4-6-21(16)29-24(34)17(2)32-25(30-23(31-32)18-11-13-27-14-12-18)35-15-22(33)28-20-9-7-19(26)8-10-20/h3-14,17H,15H2,1-2H3,(H,28,33)(H,29,34). The number of para-hydroxylation sites is 1. The van der Waals surface area contributed by atoms with E-state index in [-0.39, 0.29) is 23.4 Å². The van der Waals surface area contributed by atoms with E-state index in [2.05, 4.69) is 25.7 Å². The molecule has 35 heavy (non-hydrogen) atoms. The molecule has 0 spiro atoms. The Morgan fingerprint density at radius 3 is 2.46 bits per heavy atom. The van der Waals surface area contributed by atoms with Gasteiger partial charge in [0.25, 0.3) is 0 Å². The number of amides is 2. The number of halogens is 1. The van der Waals surface area contributed by atoms with E-state index in [0.29, 0.717) is 22.4 Å². The van der Waals surface area contributed by atoms with E-state index in [1.54, 1.807) is 31.5 Å². The highest BCUT2D eigenvalue weighted by Gasteiger charge is 2.23. The number of hydrogen-bond donors (Lipinski definition) is 2. The Hall–Kier alpha value is -4.05. The van der Waals surface area contributed by atoms with E-state index in [9.17, 15) is 14.0 Å². The largest absolute Gasteiger partial charge is 0.325 e. The summed E-state index contributed by atoms with van der Waals surface area (Å²) in [5.41, 5.74) is 2.88. The van der Waals surface area contributed by atoms with Crippen LogP contribution in [0.4, 0.5) is 15.8 Å². The molecule has 178 valence electrons. The lowest BCUT2D eigenvalue weighted by molar-refractivity contribution is -0.119. The van der Waals surface area contributed by atoms with E-state index in [1.807, 2.05) is 31.2 Å². The van der Waals surface area contributed by atoms with Gasteiger partial charge >= 0.3 is 0 Å². The number of carbonyl (C=O) groups excluding carboxylic acids is 2. The fraction of sp³-hybridized carbons (Fsp3) is 0.160. The number of nitrogens with zero attached hydrogens (tertiary/aromatic N) is 4. The maximum atomic E-state index is 13.1. The Morgan fingerprint density at radius 2 is 1.74 bits per heavy atom. The zero-order valence-electron chi connectivity index (χ0n) is 19.1. The van der Waals surface area contributed by atoms with E-state index in [0.717, 1.165) is 22.9 Å². The van der Waals surface area contributed by atoms with Gasteiger partial charge in [0.1, 0.15) is 11.9 Å². The van der Waals surface area contributed by atoms with E-state index in [1.165, 1.54) is 28.9 Å². The second kappa shape index (κ2) is 10.9. The summed E-state index contributed by atoms with van der Waals surface area (Å²) >= 11 is 1.16. The molecule has 0 radical (unpaired) electrons. The van der Waals surface area contributed by atoms with E-state index < -0.39 is 6.04 Å². The van der Waals surface area contributed by atoms with Gasteiger partial charge in [-0.25, -0.2) is 14.1 Å². The first kappa shape index (κ1) is 24.1. The molecule has 0 aliphatic rings. The minimum absolute atomic E-state index is 0.0258. The third-order valence-electron chi connectivity index (χ3n) is 5.15. The van der Waals surface area contributed by atoms with Crippen LogP contribution >= 0.6 is 11.8 Å². The monoisotopic (exact) mass is 490 g/mol. The van der Waals surface area contributed by atoms with Gasteiger partial charge in [0, 0.05) is 29.3 Å². The molecule has 4 aromatic rings.